The third-order valence-corrected chi connectivity index (χ3v) is 2.46. The summed E-state index contributed by atoms with van der Waals surface area (Å²) in [5.74, 6) is 0.744. The van der Waals surface area contributed by atoms with Crippen LogP contribution in [0.4, 0.5) is 0 Å². The number of rotatable bonds is 2. The van der Waals surface area contributed by atoms with Crippen molar-refractivity contribution >= 4 is 5.84 Å². The van der Waals surface area contributed by atoms with E-state index in [9.17, 15) is 0 Å². The summed E-state index contributed by atoms with van der Waals surface area (Å²) < 4.78 is 0. The van der Waals surface area contributed by atoms with Crippen molar-refractivity contribution in [2.75, 3.05) is 0 Å². The van der Waals surface area contributed by atoms with Crippen LogP contribution in [0.15, 0.2) is 35.4 Å². The van der Waals surface area contributed by atoms with Crippen molar-refractivity contribution in [3.8, 4) is 0 Å². The first kappa shape index (κ1) is 9.06. The van der Waals surface area contributed by atoms with Gasteiger partial charge in [-0.1, -0.05) is 30.3 Å². The predicted molar refractivity (Wildman–Crippen MR) is 57.7 cm³/mol. The van der Waals surface area contributed by atoms with E-state index in [1.54, 1.807) is 0 Å². The molecule has 0 aliphatic carbocycles. The summed E-state index contributed by atoms with van der Waals surface area (Å²) in [6, 6.07) is 10.8. The second kappa shape index (κ2) is 3.70. The molecule has 74 valence electrons. The average molecular weight is 189 g/mol. The van der Waals surface area contributed by atoms with Gasteiger partial charge < -0.3 is 5.73 Å². The lowest BCUT2D eigenvalue weighted by Crippen LogP contribution is -2.22. The highest BCUT2D eigenvalue weighted by Gasteiger charge is 2.20. The van der Waals surface area contributed by atoms with Crippen LogP contribution in [0.5, 0.6) is 0 Å². The molecule has 1 aliphatic rings. The third-order valence-electron chi connectivity index (χ3n) is 2.46. The van der Waals surface area contributed by atoms with Crippen molar-refractivity contribution in [3.05, 3.63) is 35.9 Å². The summed E-state index contributed by atoms with van der Waals surface area (Å²) in [6.45, 7) is 3.00. The quantitative estimate of drug-likeness (QED) is 0.767. The highest BCUT2D eigenvalue weighted by molar-refractivity contribution is 5.81. The summed E-state index contributed by atoms with van der Waals surface area (Å²) in [6.07, 6.45) is 0.882. The molecule has 2 N–H and O–H groups in total. The van der Waals surface area contributed by atoms with Gasteiger partial charge in [-0.2, -0.15) is 5.10 Å². The van der Waals surface area contributed by atoms with Gasteiger partial charge in [0.2, 0.25) is 0 Å². The Balaban J connectivity index is 2.05. The lowest BCUT2D eigenvalue weighted by Gasteiger charge is -2.19. The molecule has 0 unspecified atom stereocenters. The molecular formula is C11H15N3. The summed E-state index contributed by atoms with van der Waals surface area (Å²) in [5.41, 5.74) is 6.95. The zero-order valence-corrected chi connectivity index (χ0v) is 8.35. The van der Waals surface area contributed by atoms with E-state index in [2.05, 4.69) is 24.2 Å². The third kappa shape index (κ3) is 1.87. The van der Waals surface area contributed by atoms with Crippen LogP contribution in [0, 0.1) is 0 Å². The first-order valence-electron chi connectivity index (χ1n) is 4.89. The fourth-order valence-electron chi connectivity index (χ4n) is 1.67. The SMILES string of the molecule is C[C@@H]1CC(N)=NN1Cc1ccccc1. The van der Waals surface area contributed by atoms with E-state index < -0.39 is 0 Å². The Hall–Kier alpha value is -1.51. The van der Waals surface area contributed by atoms with E-state index in [1.807, 2.05) is 23.2 Å². The molecule has 1 atom stereocenters. The normalized spacial score (nSPS) is 21.1. The molecule has 1 aromatic carbocycles. The number of nitrogens with two attached hydrogens (primary N) is 1. The second-order valence-corrected chi connectivity index (χ2v) is 3.73. The molecule has 0 amide bonds. The minimum atomic E-state index is 0.426. The fraction of sp³-hybridized carbons (Fsp3) is 0.364. The second-order valence-electron chi connectivity index (χ2n) is 3.73. The van der Waals surface area contributed by atoms with Crippen LogP contribution in [0.25, 0.3) is 0 Å². The Bertz CT molecular complexity index is 332. The summed E-state index contributed by atoms with van der Waals surface area (Å²) in [7, 11) is 0. The van der Waals surface area contributed by atoms with Crippen LogP contribution in [0.1, 0.15) is 18.9 Å². The monoisotopic (exact) mass is 189 g/mol. The maximum atomic E-state index is 5.68. The van der Waals surface area contributed by atoms with Gasteiger partial charge in [-0.15, -0.1) is 0 Å². The molecule has 0 radical (unpaired) electrons. The molecule has 0 saturated carbocycles. The van der Waals surface area contributed by atoms with Crippen LogP contribution in [-0.4, -0.2) is 16.9 Å². The molecule has 2 rings (SSSR count). The molecule has 3 heteroatoms. The topological polar surface area (TPSA) is 41.6 Å². The van der Waals surface area contributed by atoms with E-state index >= 15 is 0 Å². The molecular weight excluding hydrogens is 174 g/mol. The first-order chi connectivity index (χ1) is 6.75. The molecule has 0 bridgehead atoms. The molecule has 3 nitrogen and oxygen atoms in total. The molecule has 0 spiro atoms. The number of hydrogen-bond donors (Lipinski definition) is 1. The van der Waals surface area contributed by atoms with Crippen molar-refractivity contribution in [1.29, 1.82) is 0 Å². The van der Waals surface area contributed by atoms with Gasteiger partial charge in [0.1, 0.15) is 5.84 Å². The van der Waals surface area contributed by atoms with Crippen LogP contribution in [0.2, 0.25) is 0 Å². The molecule has 1 aliphatic heterocycles. The van der Waals surface area contributed by atoms with Crippen LogP contribution >= 0.6 is 0 Å². The van der Waals surface area contributed by atoms with Crippen LogP contribution in [0.3, 0.4) is 0 Å². The van der Waals surface area contributed by atoms with Gasteiger partial charge in [-0.3, -0.25) is 5.01 Å². The molecule has 0 saturated heterocycles. The minimum Gasteiger partial charge on any atom is -0.386 e. The Morgan fingerprint density at radius 2 is 2.14 bits per heavy atom. The van der Waals surface area contributed by atoms with Crippen molar-refractivity contribution in [3.63, 3.8) is 0 Å². The summed E-state index contributed by atoms with van der Waals surface area (Å²) in [5, 5.41) is 6.34. The predicted octanol–water partition coefficient (Wildman–Crippen LogP) is 1.55. The van der Waals surface area contributed by atoms with E-state index in [0.717, 1.165) is 18.8 Å². The van der Waals surface area contributed by atoms with Crippen molar-refractivity contribution in [2.24, 2.45) is 10.8 Å². The summed E-state index contributed by atoms with van der Waals surface area (Å²) in [4.78, 5) is 0. The highest BCUT2D eigenvalue weighted by Crippen LogP contribution is 2.16. The zero-order valence-electron chi connectivity index (χ0n) is 8.35. The van der Waals surface area contributed by atoms with E-state index in [4.69, 9.17) is 5.73 Å². The van der Waals surface area contributed by atoms with Gasteiger partial charge in [-0.25, -0.2) is 0 Å². The lowest BCUT2D eigenvalue weighted by molar-refractivity contribution is 0.236. The smallest absolute Gasteiger partial charge is 0.121 e. The van der Waals surface area contributed by atoms with Gasteiger partial charge >= 0.3 is 0 Å². The molecule has 14 heavy (non-hydrogen) atoms. The standard InChI is InChI=1S/C11H15N3/c1-9-7-11(12)13-14(9)8-10-5-3-2-4-6-10/h2-6,9H,7-8H2,1H3,(H2,12,13)/t9-/m1/s1. The Kier molecular flexibility index (Phi) is 2.39. The number of hydrazone groups is 1. The minimum absolute atomic E-state index is 0.426. The van der Waals surface area contributed by atoms with Gasteiger partial charge in [0.15, 0.2) is 0 Å². The molecule has 0 aromatic heterocycles. The van der Waals surface area contributed by atoms with Crippen molar-refractivity contribution in [2.45, 2.75) is 25.9 Å². The summed E-state index contributed by atoms with van der Waals surface area (Å²) >= 11 is 0. The maximum Gasteiger partial charge on any atom is 0.121 e. The van der Waals surface area contributed by atoms with Crippen LogP contribution in [-0.2, 0) is 6.54 Å². The largest absolute Gasteiger partial charge is 0.386 e. The van der Waals surface area contributed by atoms with E-state index in [-0.39, 0.29) is 0 Å². The van der Waals surface area contributed by atoms with Crippen LogP contribution < -0.4 is 5.73 Å². The van der Waals surface area contributed by atoms with Gasteiger partial charge in [0.25, 0.3) is 0 Å². The lowest BCUT2D eigenvalue weighted by atomic mass is 10.2. The van der Waals surface area contributed by atoms with Gasteiger partial charge in [0, 0.05) is 6.42 Å². The molecule has 1 aromatic rings. The fourth-order valence-corrected chi connectivity index (χ4v) is 1.67. The zero-order chi connectivity index (χ0) is 9.97. The number of amidine groups is 1. The maximum absolute atomic E-state index is 5.68. The molecule has 1 heterocycles. The number of nitrogens with zero attached hydrogens (tertiary/aromatic N) is 2. The van der Waals surface area contributed by atoms with Crippen molar-refractivity contribution in [1.82, 2.24) is 5.01 Å². The Morgan fingerprint density at radius 1 is 1.43 bits per heavy atom. The molecule has 0 fully saturated rings. The van der Waals surface area contributed by atoms with E-state index in [0.29, 0.717) is 6.04 Å². The Labute approximate surface area is 84.2 Å². The van der Waals surface area contributed by atoms with Gasteiger partial charge in [0.05, 0.1) is 12.6 Å². The number of benzene rings is 1. The highest BCUT2D eigenvalue weighted by atomic mass is 15.5. The van der Waals surface area contributed by atoms with E-state index in [1.165, 1.54) is 5.56 Å². The van der Waals surface area contributed by atoms with Crippen molar-refractivity contribution < 1.29 is 0 Å². The van der Waals surface area contributed by atoms with Gasteiger partial charge in [-0.05, 0) is 12.5 Å². The average Bonchev–Trinajstić information content (AvgIpc) is 2.47. The first-order valence-corrected chi connectivity index (χ1v) is 4.89. The number of hydrogen-bond acceptors (Lipinski definition) is 3. The Morgan fingerprint density at radius 3 is 2.71 bits per heavy atom.